The van der Waals surface area contributed by atoms with Crippen LogP contribution in [0.4, 0.5) is 0 Å². The first-order valence-electron chi connectivity index (χ1n) is 6.81. The molecule has 112 valence electrons. The van der Waals surface area contributed by atoms with Gasteiger partial charge in [-0.3, -0.25) is 9.59 Å². The second-order valence-electron chi connectivity index (χ2n) is 4.69. The molecule has 5 heteroatoms. The Hall–Kier alpha value is -2.32. The van der Waals surface area contributed by atoms with E-state index in [-0.39, 0.29) is 18.4 Å². The maximum atomic E-state index is 12.1. The summed E-state index contributed by atoms with van der Waals surface area (Å²) in [4.78, 5) is 22.7. The second-order valence-corrected chi connectivity index (χ2v) is 4.69. The highest BCUT2D eigenvalue weighted by molar-refractivity contribution is 5.96. The molecule has 0 aromatic heterocycles. The highest BCUT2D eigenvalue weighted by Crippen LogP contribution is 2.11. The van der Waals surface area contributed by atoms with Gasteiger partial charge >= 0.3 is 0 Å². The van der Waals surface area contributed by atoms with Crippen LogP contribution in [0.25, 0.3) is 0 Å². The van der Waals surface area contributed by atoms with Crippen LogP contribution in [0.15, 0.2) is 18.2 Å². The van der Waals surface area contributed by atoms with Crippen molar-refractivity contribution in [3.05, 3.63) is 34.9 Å². The molecule has 1 aromatic rings. The summed E-state index contributed by atoms with van der Waals surface area (Å²) >= 11 is 0. The molecule has 0 spiro atoms. The highest BCUT2D eigenvalue weighted by atomic mass is 16.2. The van der Waals surface area contributed by atoms with E-state index < -0.39 is 0 Å². The standard InChI is InChI=1S/C16H20N2O3/c1-12-7-8-13(5-4-10-19)14(11-12)16(21)18-9-3-2-6-15(17)20/h7-8,11,19H,2-3,6,9-10H2,1H3,(H2,17,20)(H,18,21). The van der Waals surface area contributed by atoms with Crippen molar-refractivity contribution in [1.82, 2.24) is 5.32 Å². The van der Waals surface area contributed by atoms with E-state index in [1.54, 1.807) is 12.1 Å². The molecule has 1 rings (SSSR count). The molecule has 0 atom stereocenters. The molecule has 5 nitrogen and oxygen atoms in total. The molecule has 4 N–H and O–H groups in total. The zero-order valence-electron chi connectivity index (χ0n) is 12.1. The Morgan fingerprint density at radius 2 is 2.10 bits per heavy atom. The molecule has 0 unspecified atom stereocenters. The Bertz CT molecular complexity index is 571. The number of nitrogens with one attached hydrogen (secondary N) is 1. The van der Waals surface area contributed by atoms with Gasteiger partial charge in [0.25, 0.3) is 5.91 Å². The summed E-state index contributed by atoms with van der Waals surface area (Å²) in [6.07, 6.45) is 1.67. The van der Waals surface area contributed by atoms with Crippen molar-refractivity contribution in [2.24, 2.45) is 5.73 Å². The fraction of sp³-hybridized carbons (Fsp3) is 0.375. The van der Waals surface area contributed by atoms with Gasteiger partial charge in [0.1, 0.15) is 6.61 Å². The number of amides is 2. The van der Waals surface area contributed by atoms with Gasteiger partial charge in [-0.2, -0.15) is 0 Å². The van der Waals surface area contributed by atoms with Crippen LogP contribution in [0, 0.1) is 18.8 Å². The van der Waals surface area contributed by atoms with Crippen molar-refractivity contribution in [3.8, 4) is 11.8 Å². The zero-order chi connectivity index (χ0) is 15.7. The third-order valence-corrected chi connectivity index (χ3v) is 2.86. The molecular formula is C16H20N2O3. The Morgan fingerprint density at radius 1 is 1.33 bits per heavy atom. The molecule has 0 saturated heterocycles. The molecule has 0 fully saturated rings. The van der Waals surface area contributed by atoms with Gasteiger partial charge in [0.15, 0.2) is 0 Å². The van der Waals surface area contributed by atoms with E-state index in [9.17, 15) is 9.59 Å². The number of hydrogen-bond acceptors (Lipinski definition) is 3. The molecule has 0 bridgehead atoms. The number of aryl methyl sites for hydroxylation is 1. The lowest BCUT2D eigenvalue weighted by atomic mass is 10.0. The van der Waals surface area contributed by atoms with E-state index in [4.69, 9.17) is 10.8 Å². The van der Waals surface area contributed by atoms with Gasteiger partial charge < -0.3 is 16.2 Å². The lowest BCUT2D eigenvalue weighted by Gasteiger charge is -2.08. The molecule has 2 amide bonds. The Morgan fingerprint density at radius 3 is 2.76 bits per heavy atom. The molecule has 0 aliphatic heterocycles. The number of carbonyl (C=O) groups is 2. The fourth-order valence-electron chi connectivity index (χ4n) is 1.81. The van der Waals surface area contributed by atoms with Crippen molar-refractivity contribution in [3.63, 3.8) is 0 Å². The number of primary amides is 1. The normalized spacial score (nSPS) is 9.62. The van der Waals surface area contributed by atoms with Gasteiger partial charge in [0.2, 0.25) is 5.91 Å². The average Bonchev–Trinajstić information content (AvgIpc) is 2.45. The monoisotopic (exact) mass is 288 g/mol. The van der Waals surface area contributed by atoms with Gasteiger partial charge in [-0.15, -0.1) is 0 Å². The molecule has 0 heterocycles. The van der Waals surface area contributed by atoms with Gasteiger partial charge in [0, 0.05) is 18.5 Å². The summed E-state index contributed by atoms with van der Waals surface area (Å²) < 4.78 is 0. The SMILES string of the molecule is Cc1ccc(C#CCO)c(C(=O)NCCCCC(N)=O)c1. The third kappa shape index (κ3) is 6.11. The number of unbranched alkanes of at least 4 members (excludes halogenated alkanes) is 1. The highest BCUT2D eigenvalue weighted by Gasteiger charge is 2.10. The molecule has 0 aliphatic carbocycles. The van der Waals surface area contributed by atoms with Crippen molar-refractivity contribution >= 4 is 11.8 Å². The van der Waals surface area contributed by atoms with Crippen molar-refractivity contribution < 1.29 is 14.7 Å². The van der Waals surface area contributed by atoms with Crippen LogP contribution in [-0.4, -0.2) is 30.1 Å². The minimum Gasteiger partial charge on any atom is -0.384 e. The molecule has 1 aromatic carbocycles. The van der Waals surface area contributed by atoms with Crippen LogP contribution < -0.4 is 11.1 Å². The maximum Gasteiger partial charge on any atom is 0.252 e. The molecular weight excluding hydrogens is 268 g/mol. The van der Waals surface area contributed by atoms with E-state index in [0.717, 1.165) is 5.56 Å². The van der Waals surface area contributed by atoms with E-state index in [0.29, 0.717) is 36.9 Å². The smallest absolute Gasteiger partial charge is 0.252 e. The fourth-order valence-corrected chi connectivity index (χ4v) is 1.81. The molecule has 0 radical (unpaired) electrons. The summed E-state index contributed by atoms with van der Waals surface area (Å²) in [6.45, 7) is 2.13. The van der Waals surface area contributed by atoms with Crippen LogP contribution in [0.3, 0.4) is 0 Å². The first-order valence-corrected chi connectivity index (χ1v) is 6.81. The third-order valence-electron chi connectivity index (χ3n) is 2.86. The maximum absolute atomic E-state index is 12.1. The zero-order valence-corrected chi connectivity index (χ0v) is 12.1. The first kappa shape index (κ1) is 16.7. The van der Waals surface area contributed by atoms with E-state index in [2.05, 4.69) is 17.2 Å². The number of aliphatic hydroxyl groups is 1. The van der Waals surface area contributed by atoms with Crippen molar-refractivity contribution in [1.29, 1.82) is 0 Å². The summed E-state index contributed by atoms with van der Waals surface area (Å²) in [7, 11) is 0. The molecule has 0 aliphatic rings. The van der Waals surface area contributed by atoms with Crippen molar-refractivity contribution in [2.75, 3.05) is 13.2 Å². The predicted molar refractivity (Wildman–Crippen MR) is 80.5 cm³/mol. The van der Waals surface area contributed by atoms with E-state index >= 15 is 0 Å². The lowest BCUT2D eigenvalue weighted by molar-refractivity contribution is -0.118. The number of aliphatic hydroxyl groups excluding tert-OH is 1. The van der Waals surface area contributed by atoms with E-state index in [1.165, 1.54) is 0 Å². The molecule has 0 saturated carbocycles. The average molecular weight is 288 g/mol. The van der Waals surface area contributed by atoms with Gasteiger partial charge in [-0.25, -0.2) is 0 Å². The number of carbonyl (C=O) groups excluding carboxylic acids is 2. The number of nitrogens with two attached hydrogens (primary N) is 1. The lowest BCUT2D eigenvalue weighted by Crippen LogP contribution is -2.25. The Labute approximate surface area is 124 Å². The van der Waals surface area contributed by atoms with Crippen LogP contribution in [0.5, 0.6) is 0 Å². The summed E-state index contributed by atoms with van der Waals surface area (Å²) in [5.74, 6) is 4.77. The van der Waals surface area contributed by atoms with Crippen LogP contribution in [-0.2, 0) is 4.79 Å². The number of benzene rings is 1. The topological polar surface area (TPSA) is 92.4 Å². The van der Waals surface area contributed by atoms with Gasteiger partial charge in [0.05, 0.1) is 5.56 Å². The quantitative estimate of drug-likeness (QED) is 0.532. The van der Waals surface area contributed by atoms with Crippen LogP contribution in [0.1, 0.15) is 40.7 Å². The predicted octanol–water partition coefficient (Wildman–Crippen LogP) is 0.724. The van der Waals surface area contributed by atoms with Gasteiger partial charge in [-0.1, -0.05) is 23.5 Å². The van der Waals surface area contributed by atoms with Crippen LogP contribution >= 0.6 is 0 Å². The summed E-state index contributed by atoms with van der Waals surface area (Å²) in [5, 5.41) is 11.5. The molecule has 21 heavy (non-hydrogen) atoms. The largest absolute Gasteiger partial charge is 0.384 e. The van der Waals surface area contributed by atoms with E-state index in [1.807, 2.05) is 13.0 Å². The number of hydrogen-bond donors (Lipinski definition) is 3. The second kappa shape index (κ2) is 8.77. The summed E-state index contributed by atoms with van der Waals surface area (Å²) in [6, 6.07) is 5.39. The number of rotatable bonds is 6. The Kier molecular flexibility index (Phi) is 6.99. The Balaban J connectivity index is 2.64. The first-order chi connectivity index (χ1) is 10.0. The summed E-state index contributed by atoms with van der Waals surface area (Å²) in [5.41, 5.74) is 7.09. The van der Waals surface area contributed by atoms with Crippen LogP contribution in [0.2, 0.25) is 0 Å². The minimum atomic E-state index is -0.332. The van der Waals surface area contributed by atoms with Gasteiger partial charge in [-0.05, 0) is 31.9 Å². The minimum absolute atomic E-state index is 0.208. The van der Waals surface area contributed by atoms with Crippen molar-refractivity contribution in [2.45, 2.75) is 26.2 Å².